The smallest absolute Gasteiger partial charge is 0.340 e. The number of carboxylic acid groups (broad SMARTS) is 1. The molecule has 0 saturated heterocycles. The first-order valence-corrected chi connectivity index (χ1v) is 11.6. The Bertz CT molecular complexity index is 1100. The van der Waals surface area contributed by atoms with Crippen LogP contribution in [0.2, 0.25) is 0 Å². The van der Waals surface area contributed by atoms with E-state index in [1.54, 1.807) is 6.92 Å². The van der Waals surface area contributed by atoms with Crippen LogP contribution in [-0.2, 0) is 22.4 Å². The highest BCUT2D eigenvalue weighted by atomic mass is 16.5. The van der Waals surface area contributed by atoms with E-state index in [2.05, 4.69) is 5.32 Å². The Labute approximate surface area is 187 Å². The number of carbonyl (C=O) groups is 2. The molecule has 1 amide bonds. The first-order chi connectivity index (χ1) is 15.3. The van der Waals surface area contributed by atoms with E-state index < -0.39 is 23.5 Å². The fourth-order valence-electron chi connectivity index (χ4n) is 5.10. The van der Waals surface area contributed by atoms with Crippen LogP contribution in [0.25, 0.3) is 11.0 Å². The number of carboxylic acids is 1. The topological polar surface area (TPSA) is 106 Å². The predicted octanol–water partition coefficient (Wildman–Crippen LogP) is 4.04. The second kappa shape index (κ2) is 8.96. The number of aliphatic carboxylic acids is 1. The summed E-state index contributed by atoms with van der Waals surface area (Å²) in [5, 5.41) is 12.6. The van der Waals surface area contributed by atoms with Gasteiger partial charge in [0.1, 0.15) is 23.0 Å². The van der Waals surface area contributed by atoms with Crippen molar-refractivity contribution in [1.82, 2.24) is 5.32 Å². The van der Waals surface area contributed by atoms with E-state index in [4.69, 9.17) is 9.15 Å². The molecule has 4 rings (SSSR count). The van der Waals surface area contributed by atoms with Crippen molar-refractivity contribution in [2.45, 2.75) is 89.7 Å². The molecule has 7 nitrogen and oxygen atoms in total. The quantitative estimate of drug-likeness (QED) is 0.656. The fraction of sp³-hybridized carbons (Fsp3) is 0.560. The highest BCUT2D eigenvalue weighted by molar-refractivity contribution is 5.88. The third-order valence-corrected chi connectivity index (χ3v) is 6.96. The zero-order chi connectivity index (χ0) is 22.9. The molecule has 0 radical (unpaired) electrons. The number of carbonyl (C=O) groups excluding carboxylic acids is 1. The van der Waals surface area contributed by atoms with Gasteiger partial charge < -0.3 is 19.6 Å². The highest BCUT2D eigenvalue weighted by Gasteiger charge is 2.37. The third-order valence-electron chi connectivity index (χ3n) is 6.96. The summed E-state index contributed by atoms with van der Waals surface area (Å²) in [7, 11) is 0. The number of benzene rings is 1. The number of aryl methyl sites for hydroxylation is 2. The Kier molecular flexibility index (Phi) is 6.26. The summed E-state index contributed by atoms with van der Waals surface area (Å²) in [5.41, 5.74) is 1.83. The van der Waals surface area contributed by atoms with Gasteiger partial charge in [-0.2, -0.15) is 0 Å². The number of hydrogen-bond acceptors (Lipinski definition) is 5. The maximum absolute atomic E-state index is 12.7. The minimum absolute atomic E-state index is 0.0918. The third kappa shape index (κ3) is 4.38. The van der Waals surface area contributed by atoms with Gasteiger partial charge in [-0.3, -0.25) is 4.79 Å². The van der Waals surface area contributed by atoms with Gasteiger partial charge in [0, 0.05) is 11.5 Å². The van der Waals surface area contributed by atoms with Crippen molar-refractivity contribution >= 4 is 22.8 Å². The monoisotopic (exact) mass is 441 g/mol. The summed E-state index contributed by atoms with van der Waals surface area (Å²) >= 11 is 0. The van der Waals surface area contributed by atoms with Gasteiger partial charge in [0.05, 0.1) is 12.0 Å². The van der Waals surface area contributed by atoms with Crippen LogP contribution in [-0.4, -0.2) is 28.6 Å². The maximum Gasteiger partial charge on any atom is 0.340 e. The standard InChI is InChI=1S/C25H31NO6/c1-3-7-19(23(28)29)26-22(27)13-18-15(2)17-12-16-8-11-25(9-5-4-6-10-25)32-20(16)14-21(17)31-24(18)30/h12,14,19H,3-11,13H2,1-2H3,(H,26,27)(H,28,29). The summed E-state index contributed by atoms with van der Waals surface area (Å²) in [6, 6.07) is 2.87. The Morgan fingerprint density at radius 1 is 1.19 bits per heavy atom. The molecule has 2 N–H and O–H groups in total. The lowest BCUT2D eigenvalue weighted by Crippen LogP contribution is -2.42. The second-order valence-corrected chi connectivity index (χ2v) is 9.22. The van der Waals surface area contributed by atoms with Gasteiger partial charge in [-0.05, 0) is 69.1 Å². The molecule has 2 aromatic rings. The van der Waals surface area contributed by atoms with E-state index in [0.717, 1.165) is 42.4 Å². The largest absolute Gasteiger partial charge is 0.487 e. The number of nitrogens with one attached hydrogen (secondary N) is 1. The molecule has 0 bridgehead atoms. The zero-order valence-corrected chi connectivity index (χ0v) is 18.8. The molecule has 1 aliphatic heterocycles. The van der Waals surface area contributed by atoms with E-state index in [-0.39, 0.29) is 17.6 Å². The average molecular weight is 442 g/mol. The molecular weight excluding hydrogens is 410 g/mol. The molecule has 32 heavy (non-hydrogen) atoms. The number of fused-ring (bicyclic) bond motifs is 2. The molecule has 2 heterocycles. The minimum atomic E-state index is -1.08. The Hall–Kier alpha value is -2.83. The molecule has 1 atom stereocenters. The zero-order valence-electron chi connectivity index (χ0n) is 18.8. The Balaban J connectivity index is 1.61. The summed E-state index contributed by atoms with van der Waals surface area (Å²) in [6.45, 7) is 3.66. The van der Waals surface area contributed by atoms with E-state index >= 15 is 0 Å². The van der Waals surface area contributed by atoms with Gasteiger partial charge in [-0.1, -0.05) is 19.8 Å². The van der Waals surface area contributed by atoms with Crippen molar-refractivity contribution < 1.29 is 23.8 Å². The van der Waals surface area contributed by atoms with E-state index in [0.29, 0.717) is 24.0 Å². The van der Waals surface area contributed by atoms with E-state index in [1.807, 2.05) is 19.1 Å². The van der Waals surface area contributed by atoms with Crippen molar-refractivity contribution in [2.75, 3.05) is 0 Å². The summed E-state index contributed by atoms with van der Waals surface area (Å²) in [5.74, 6) is -0.784. The predicted molar refractivity (Wildman–Crippen MR) is 120 cm³/mol. The maximum atomic E-state index is 12.7. The summed E-state index contributed by atoms with van der Waals surface area (Å²) in [6.07, 6.45) is 8.41. The van der Waals surface area contributed by atoms with Crippen LogP contribution in [0.15, 0.2) is 21.3 Å². The van der Waals surface area contributed by atoms with E-state index in [1.165, 1.54) is 19.3 Å². The lowest BCUT2D eigenvalue weighted by atomic mass is 9.79. The number of ether oxygens (including phenoxy) is 1. The molecule has 1 aromatic heterocycles. The van der Waals surface area contributed by atoms with Crippen LogP contribution in [0.1, 0.15) is 75.0 Å². The molecule has 1 aliphatic carbocycles. The minimum Gasteiger partial charge on any atom is -0.487 e. The SMILES string of the molecule is CCCC(NC(=O)Cc1c(C)c2cc3c(cc2oc1=O)OC1(CCCCC1)CC3)C(=O)O. The molecule has 172 valence electrons. The van der Waals surface area contributed by atoms with Crippen molar-refractivity contribution in [3.05, 3.63) is 39.2 Å². The van der Waals surface area contributed by atoms with Gasteiger partial charge >= 0.3 is 11.6 Å². The second-order valence-electron chi connectivity index (χ2n) is 9.22. The van der Waals surface area contributed by atoms with Crippen molar-refractivity contribution in [2.24, 2.45) is 0 Å². The van der Waals surface area contributed by atoms with Crippen LogP contribution < -0.4 is 15.7 Å². The number of rotatable bonds is 6. The molecule has 7 heteroatoms. The van der Waals surface area contributed by atoms with Crippen LogP contribution in [0.4, 0.5) is 0 Å². The normalized spacial score (nSPS) is 18.1. The number of amides is 1. The molecule has 1 spiro atoms. The molecule has 1 saturated carbocycles. The van der Waals surface area contributed by atoms with Gasteiger partial charge in [-0.15, -0.1) is 0 Å². The highest BCUT2D eigenvalue weighted by Crippen LogP contribution is 2.43. The van der Waals surface area contributed by atoms with Crippen LogP contribution in [0.5, 0.6) is 5.75 Å². The molecule has 1 fully saturated rings. The molecular formula is C25H31NO6. The van der Waals surface area contributed by atoms with Crippen molar-refractivity contribution in [3.8, 4) is 5.75 Å². The first-order valence-electron chi connectivity index (χ1n) is 11.6. The van der Waals surface area contributed by atoms with Crippen LogP contribution >= 0.6 is 0 Å². The molecule has 1 aromatic carbocycles. The van der Waals surface area contributed by atoms with Crippen molar-refractivity contribution in [1.29, 1.82) is 0 Å². The fourth-order valence-corrected chi connectivity index (χ4v) is 5.10. The van der Waals surface area contributed by atoms with Gasteiger partial charge in [0.15, 0.2) is 0 Å². The van der Waals surface area contributed by atoms with Crippen LogP contribution in [0, 0.1) is 6.92 Å². The average Bonchev–Trinajstić information content (AvgIpc) is 2.76. The van der Waals surface area contributed by atoms with Gasteiger partial charge in [-0.25, -0.2) is 9.59 Å². The van der Waals surface area contributed by atoms with Gasteiger partial charge in [0.25, 0.3) is 0 Å². The molecule has 2 aliphatic rings. The van der Waals surface area contributed by atoms with Crippen molar-refractivity contribution in [3.63, 3.8) is 0 Å². The Morgan fingerprint density at radius 3 is 2.62 bits per heavy atom. The lowest BCUT2D eigenvalue weighted by Gasteiger charge is -2.41. The number of hydrogen-bond donors (Lipinski definition) is 2. The van der Waals surface area contributed by atoms with Gasteiger partial charge in [0.2, 0.25) is 5.91 Å². The summed E-state index contributed by atoms with van der Waals surface area (Å²) < 4.78 is 12.0. The van der Waals surface area contributed by atoms with E-state index in [9.17, 15) is 19.5 Å². The van der Waals surface area contributed by atoms with Crippen LogP contribution in [0.3, 0.4) is 0 Å². The summed E-state index contributed by atoms with van der Waals surface area (Å²) in [4.78, 5) is 36.5. The lowest BCUT2D eigenvalue weighted by molar-refractivity contribution is -0.141. The molecule has 1 unspecified atom stereocenters. The Morgan fingerprint density at radius 2 is 1.94 bits per heavy atom. The first kappa shape index (κ1) is 22.4.